The second kappa shape index (κ2) is 7.86. The molecule has 1 aromatic rings. The van der Waals surface area contributed by atoms with Gasteiger partial charge in [-0.15, -0.1) is 0 Å². The first kappa shape index (κ1) is 18.1. The monoisotopic (exact) mass is 314 g/mol. The zero-order valence-corrected chi connectivity index (χ0v) is 13.2. The van der Waals surface area contributed by atoms with Gasteiger partial charge in [0, 0.05) is 6.42 Å². The van der Waals surface area contributed by atoms with E-state index in [1.807, 2.05) is 0 Å². The van der Waals surface area contributed by atoms with Crippen LogP contribution in [0.2, 0.25) is 0 Å². The number of aliphatic hydroxyl groups is 2. The van der Waals surface area contributed by atoms with Crippen LogP contribution in [-0.2, 0) is 16.0 Å². The zero-order chi connectivity index (χ0) is 16.8. The number of ether oxygens (including phenoxy) is 4. The number of carbonyl (C=O) groups is 1. The van der Waals surface area contributed by atoms with Gasteiger partial charge in [-0.2, -0.15) is 0 Å². The van der Waals surface area contributed by atoms with Gasteiger partial charge in [0.1, 0.15) is 0 Å². The van der Waals surface area contributed by atoms with E-state index < -0.39 is 18.2 Å². The SMILES string of the molecule is CCOC(=O)[C@@](O)(CO)Cc1cc(OC)c(OC)c(OC)c1. The summed E-state index contributed by atoms with van der Waals surface area (Å²) in [4.78, 5) is 11.8. The highest BCUT2D eigenvalue weighted by molar-refractivity contribution is 5.80. The van der Waals surface area contributed by atoms with Crippen LogP contribution < -0.4 is 14.2 Å². The molecule has 0 unspecified atom stereocenters. The number of hydrogen-bond donors (Lipinski definition) is 2. The first-order valence-electron chi connectivity index (χ1n) is 6.75. The number of carbonyl (C=O) groups excluding carboxylic acids is 1. The van der Waals surface area contributed by atoms with Gasteiger partial charge in [-0.05, 0) is 24.6 Å². The Balaban J connectivity index is 3.18. The van der Waals surface area contributed by atoms with Crippen molar-refractivity contribution in [2.45, 2.75) is 18.9 Å². The zero-order valence-electron chi connectivity index (χ0n) is 13.2. The third-order valence-electron chi connectivity index (χ3n) is 3.14. The maximum absolute atomic E-state index is 11.8. The summed E-state index contributed by atoms with van der Waals surface area (Å²) in [6.45, 7) is 0.966. The van der Waals surface area contributed by atoms with Crippen LogP contribution in [0.1, 0.15) is 12.5 Å². The fraction of sp³-hybridized carbons (Fsp3) is 0.533. The van der Waals surface area contributed by atoms with Crippen molar-refractivity contribution in [3.8, 4) is 17.2 Å². The molecular weight excluding hydrogens is 292 g/mol. The molecule has 1 aromatic carbocycles. The molecule has 0 aromatic heterocycles. The summed E-state index contributed by atoms with van der Waals surface area (Å²) in [7, 11) is 4.40. The van der Waals surface area contributed by atoms with Gasteiger partial charge in [0.2, 0.25) is 5.75 Å². The minimum absolute atomic E-state index is 0.108. The van der Waals surface area contributed by atoms with Crippen LogP contribution in [-0.4, -0.2) is 56.3 Å². The quantitative estimate of drug-likeness (QED) is 0.676. The lowest BCUT2D eigenvalue weighted by Crippen LogP contribution is -2.45. The van der Waals surface area contributed by atoms with Crippen LogP contribution in [0.15, 0.2) is 12.1 Å². The Kier molecular flexibility index (Phi) is 6.45. The minimum atomic E-state index is -2.03. The number of aliphatic hydroxyl groups excluding tert-OH is 1. The van der Waals surface area contributed by atoms with Crippen molar-refractivity contribution < 1.29 is 34.0 Å². The van der Waals surface area contributed by atoms with Crippen molar-refractivity contribution in [2.75, 3.05) is 34.5 Å². The van der Waals surface area contributed by atoms with Crippen LogP contribution in [0.25, 0.3) is 0 Å². The molecule has 2 N–H and O–H groups in total. The highest BCUT2D eigenvalue weighted by atomic mass is 16.6. The first-order chi connectivity index (χ1) is 10.4. The van der Waals surface area contributed by atoms with Crippen molar-refractivity contribution in [1.29, 1.82) is 0 Å². The predicted octanol–water partition coefficient (Wildman–Crippen LogP) is 0.541. The molecular formula is C15H22O7. The predicted molar refractivity (Wildman–Crippen MR) is 78.5 cm³/mol. The molecule has 0 fully saturated rings. The summed E-state index contributed by atoms with van der Waals surface area (Å²) in [6, 6.07) is 3.20. The lowest BCUT2D eigenvalue weighted by Gasteiger charge is -2.24. The van der Waals surface area contributed by atoms with Gasteiger partial charge < -0.3 is 29.2 Å². The maximum atomic E-state index is 11.8. The van der Waals surface area contributed by atoms with Crippen molar-refractivity contribution >= 4 is 5.97 Å². The summed E-state index contributed by atoms with van der Waals surface area (Å²) in [5, 5.41) is 19.6. The normalized spacial score (nSPS) is 13.2. The van der Waals surface area contributed by atoms with Gasteiger partial charge in [0.15, 0.2) is 17.1 Å². The molecule has 7 heteroatoms. The molecule has 1 rings (SSSR count). The van der Waals surface area contributed by atoms with Gasteiger partial charge in [-0.3, -0.25) is 0 Å². The van der Waals surface area contributed by atoms with Gasteiger partial charge in [0.25, 0.3) is 0 Å². The van der Waals surface area contributed by atoms with Crippen LogP contribution >= 0.6 is 0 Å². The number of esters is 1. The molecule has 0 bridgehead atoms. The third-order valence-corrected chi connectivity index (χ3v) is 3.14. The van der Waals surface area contributed by atoms with Crippen molar-refractivity contribution in [3.05, 3.63) is 17.7 Å². The largest absolute Gasteiger partial charge is 0.493 e. The van der Waals surface area contributed by atoms with E-state index in [2.05, 4.69) is 0 Å². The molecule has 7 nitrogen and oxygen atoms in total. The van der Waals surface area contributed by atoms with Gasteiger partial charge >= 0.3 is 5.97 Å². The van der Waals surface area contributed by atoms with E-state index in [1.54, 1.807) is 19.1 Å². The summed E-state index contributed by atoms with van der Waals surface area (Å²) < 4.78 is 20.4. The van der Waals surface area contributed by atoms with E-state index in [1.165, 1.54) is 21.3 Å². The molecule has 0 saturated carbocycles. The Morgan fingerprint density at radius 3 is 2.05 bits per heavy atom. The lowest BCUT2D eigenvalue weighted by molar-refractivity contribution is -0.169. The third kappa shape index (κ3) is 3.80. The topological polar surface area (TPSA) is 94.5 Å². The Bertz CT molecular complexity index is 490. The standard InChI is InChI=1S/C15H22O7/c1-5-22-14(17)15(18,9-16)8-10-6-11(19-2)13(21-4)12(7-10)20-3/h6-7,16,18H,5,8-9H2,1-4H3/t15-/m0/s1. The van der Waals surface area contributed by atoms with Gasteiger partial charge in [-0.1, -0.05) is 0 Å². The van der Waals surface area contributed by atoms with Crippen molar-refractivity contribution in [2.24, 2.45) is 0 Å². The molecule has 0 heterocycles. The fourth-order valence-corrected chi connectivity index (χ4v) is 2.03. The van der Waals surface area contributed by atoms with Crippen LogP contribution in [0.5, 0.6) is 17.2 Å². The average Bonchev–Trinajstić information content (AvgIpc) is 2.53. The van der Waals surface area contributed by atoms with Crippen LogP contribution in [0.3, 0.4) is 0 Å². The fourth-order valence-electron chi connectivity index (χ4n) is 2.03. The molecule has 0 amide bonds. The molecule has 0 spiro atoms. The summed E-state index contributed by atoms with van der Waals surface area (Å²) >= 11 is 0. The van der Waals surface area contributed by atoms with Gasteiger partial charge in [0.05, 0.1) is 34.5 Å². The van der Waals surface area contributed by atoms with Gasteiger partial charge in [-0.25, -0.2) is 4.79 Å². The summed E-state index contributed by atoms with van der Waals surface area (Å²) in [5.41, 5.74) is -1.50. The molecule has 22 heavy (non-hydrogen) atoms. The Labute approximate surface area is 129 Å². The van der Waals surface area contributed by atoms with Crippen molar-refractivity contribution in [3.63, 3.8) is 0 Å². The van der Waals surface area contributed by atoms with Crippen LogP contribution in [0, 0.1) is 0 Å². The Morgan fingerprint density at radius 1 is 1.14 bits per heavy atom. The molecule has 0 saturated heterocycles. The summed E-state index contributed by atoms with van der Waals surface area (Å²) in [5.74, 6) is 0.297. The smallest absolute Gasteiger partial charge is 0.340 e. The average molecular weight is 314 g/mol. The number of hydrogen-bond acceptors (Lipinski definition) is 7. The maximum Gasteiger partial charge on any atom is 0.340 e. The summed E-state index contributed by atoms with van der Waals surface area (Å²) in [6.07, 6.45) is -0.154. The number of benzene rings is 1. The highest BCUT2D eigenvalue weighted by Gasteiger charge is 2.37. The molecule has 0 aliphatic carbocycles. The van der Waals surface area contributed by atoms with E-state index >= 15 is 0 Å². The Morgan fingerprint density at radius 2 is 1.68 bits per heavy atom. The second-order valence-corrected chi connectivity index (χ2v) is 4.62. The van der Waals surface area contributed by atoms with Crippen LogP contribution in [0.4, 0.5) is 0 Å². The molecule has 124 valence electrons. The molecule has 1 atom stereocenters. The number of methoxy groups -OCH3 is 3. The van der Waals surface area contributed by atoms with E-state index in [4.69, 9.17) is 18.9 Å². The first-order valence-corrected chi connectivity index (χ1v) is 6.75. The highest BCUT2D eigenvalue weighted by Crippen LogP contribution is 2.39. The number of rotatable bonds is 8. The Hall–Kier alpha value is -1.99. The minimum Gasteiger partial charge on any atom is -0.493 e. The molecule has 0 radical (unpaired) electrons. The second-order valence-electron chi connectivity index (χ2n) is 4.62. The van der Waals surface area contributed by atoms with Crippen molar-refractivity contribution in [1.82, 2.24) is 0 Å². The van der Waals surface area contributed by atoms with E-state index in [0.717, 1.165) is 0 Å². The van der Waals surface area contributed by atoms with E-state index in [9.17, 15) is 15.0 Å². The van der Waals surface area contributed by atoms with E-state index in [-0.39, 0.29) is 13.0 Å². The molecule has 0 aliphatic heterocycles. The van der Waals surface area contributed by atoms with E-state index in [0.29, 0.717) is 22.8 Å². The molecule has 0 aliphatic rings. The lowest BCUT2D eigenvalue weighted by atomic mass is 9.95.